The minimum Gasteiger partial charge on any atom is -0.506 e. The number of anilines is 4. The highest BCUT2D eigenvalue weighted by Gasteiger charge is 2.41. The summed E-state index contributed by atoms with van der Waals surface area (Å²) in [5.74, 6) is 0.491. The first-order valence-corrected chi connectivity index (χ1v) is 14.5. The predicted octanol–water partition coefficient (Wildman–Crippen LogP) is 8.94. The van der Waals surface area contributed by atoms with E-state index in [9.17, 15) is 23.1 Å². The molecule has 45 heavy (non-hydrogen) atoms. The van der Waals surface area contributed by atoms with Crippen molar-refractivity contribution in [1.29, 1.82) is 0 Å². The normalized spacial score (nSPS) is 13.6. The molecule has 11 heteroatoms. The van der Waals surface area contributed by atoms with Crippen LogP contribution in [-0.4, -0.2) is 33.6 Å². The standard InChI is InChI=1S/C32H28F3N5O3.C2H6/c1-31(2)18-40(28-26(41)17-16-21(27(28)31)29-37-22-8-4-6-10-24(22)39(29)3)25-11-7-5-9-23(25)38-30(42)36-19-12-14-20(15-13-19)43-32(33,34)35;1-2/h4-17,41H,18H2,1-3H3,(H2,36,38,42);1-2H3. The van der Waals surface area contributed by atoms with Gasteiger partial charge in [0.1, 0.15) is 17.3 Å². The van der Waals surface area contributed by atoms with E-state index < -0.39 is 23.6 Å². The van der Waals surface area contributed by atoms with Crippen LogP contribution in [0, 0.1) is 0 Å². The summed E-state index contributed by atoms with van der Waals surface area (Å²) < 4.78 is 43.3. The molecular weight excluding hydrogens is 583 g/mol. The Morgan fingerprint density at radius 2 is 1.60 bits per heavy atom. The van der Waals surface area contributed by atoms with Crippen LogP contribution in [0.2, 0.25) is 0 Å². The number of ether oxygens (including phenoxy) is 1. The van der Waals surface area contributed by atoms with Crippen LogP contribution in [-0.2, 0) is 12.5 Å². The van der Waals surface area contributed by atoms with Gasteiger partial charge in [-0.05, 0) is 66.2 Å². The molecule has 0 saturated carbocycles. The second-order valence-electron chi connectivity index (χ2n) is 11.0. The van der Waals surface area contributed by atoms with Crippen molar-refractivity contribution in [1.82, 2.24) is 9.55 Å². The lowest BCUT2D eigenvalue weighted by atomic mass is 9.83. The van der Waals surface area contributed by atoms with Crippen LogP contribution in [0.5, 0.6) is 11.5 Å². The van der Waals surface area contributed by atoms with E-state index >= 15 is 0 Å². The lowest BCUT2D eigenvalue weighted by molar-refractivity contribution is -0.274. The van der Waals surface area contributed by atoms with Crippen LogP contribution in [0.4, 0.5) is 40.7 Å². The fraction of sp³-hybridized carbons (Fsp3) is 0.235. The second kappa shape index (κ2) is 12.1. The Hall–Kier alpha value is -5.19. The highest BCUT2D eigenvalue weighted by Crippen LogP contribution is 2.53. The van der Waals surface area contributed by atoms with Crippen molar-refractivity contribution in [2.45, 2.75) is 39.5 Å². The molecule has 3 N–H and O–H groups in total. The number of phenolic OH excluding ortho intramolecular Hbond substituents is 1. The Labute approximate surface area is 259 Å². The quantitative estimate of drug-likeness (QED) is 0.183. The number of urea groups is 1. The number of rotatable bonds is 5. The number of para-hydroxylation sites is 4. The average Bonchev–Trinajstić information content (AvgIpc) is 3.49. The third-order valence-electron chi connectivity index (χ3n) is 7.47. The summed E-state index contributed by atoms with van der Waals surface area (Å²) >= 11 is 0. The number of benzene rings is 4. The molecule has 2 heterocycles. The summed E-state index contributed by atoms with van der Waals surface area (Å²) in [5.41, 5.74) is 5.35. The molecule has 0 atom stereocenters. The van der Waals surface area contributed by atoms with Gasteiger partial charge in [0.15, 0.2) is 0 Å². The molecule has 2 amide bonds. The van der Waals surface area contributed by atoms with E-state index in [1.807, 2.05) is 72.8 Å². The predicted molar refractivity (Wildman–Crippen MR) is 171 cm³/mol. The van der Waals surface area contributed by atoms with Gasteiger partial charge in [-0.25, -0.2) is 9.78 Å². The zero-order valence-electron chi connectivity index (χ0n) is 25.5. The molecule has 0 bridgehead atoms. The van der Waals surface area contributed by atoms with Crippen LogP contribution >= 0.6 is 0 Å². The smallest absolute Gasteiger partial charge is 0.506 e. The number of amides is 2. The monoisotopic (exact) mass is 617 g/mol. The highest BCUT2D eigenvalue weighted by atomic mass is 19.4. The fourth-order valence-corrected chi connectivity index (χ4v) is 5.71. The number of aromatic hydroxyl groups is 1. The lowest BCUT2D eigenvalue weighted by Crippen LogP contribution is -2.27. The molecule has 234 valence electrons. The van der Waals surface area contributed by atoms with Crippen molar-refractivity contribution in [3.05, 3.63) is 90.5 Å². The Balaban J connectivity index is 0.00000196. The molecule has 1 aliphatic rings. The van der Waals surface area contributed by atoms with E-state index in [2.05, 4.69) is 29.2 Å². The SMILES string of the molecule is CC.Cn1c(-c2ccc(O)c3c2C(C)(C)CN3c2ccccc2NC(=O)Nc2ccc(OC(F)(F)F)cc2)nc2ccccc21. The molecule has 8 nitrogen and oxygen atoms in total. The van der Waals surface area contributed by atoms with E-state index in [0.29, 0.717) is 23.6 Å². The van der Waals surface area contributed by atoms with Gasteiger partial charge in [0, 0.05) is 30.3 Å². The maximum atomic E-state index is 13.0. The number of aryl methyl sites for hydroxylation is 1. The van der Waals surface area contributed by atoms with Crippen molar-refractivity contribution >= 4 is 39.8 Å². The maximum absolute atomic E-state index is 13.0. The number of carbonyl (C=O) groups excluding carboxylic acids is 1. The summed E-state index contributed by atoms with van der Waals surface area (Å²) in [6.45, 7) is 8.72. The largest absolute Gasteiger partial charge is 0.573 e. The van der Waals surface area contributed by atoms with Crippen LogP contribution in [0.1, 0.15) is 33.3 Å². The van der Waals surface area contributed by atoms with E-state index in [-0.39, 0.29) is 11.4 Å². The summed E-state index contributed by atoms with van der Waals surface area (Å²) in [6.07, 6.45) is -4.81. The number of aromatic nitrogens is 2. The summed E-state index contributed by atoms with van der Waals surface area (Å²) in [6, 6.07) is 22.9. The third-order valence-corrected chi connectivity index (χ3v) is 7.47. The van der Waals surface area contributed by atoms with Crippen molar-refractivity contribution < 1.29 is 27.8 Å². The number of phenols is 1. The molecule has 0 spiro atoms. The number of carbonyl (C=O) groups is 1. The molecule has 6 rings (SSSR count). The van der Waals surface area contributed by atoms with Gasteiger partial charge in [-0.2, -0.15) is 0 Å². The van der Waals surface area contributed by atoms with Gasteiger partial charge in [-0.1, -0.05) is 52.0 Å². The van der Waals surface area contributed by atoms with Gasteiger partial charge in [0.05, 0.1) is 28.1 Å². The zero-order valence-corrected chi connectivity index (χ0v) is 25.5. The van der Waals surface area contributed by atoms with Gasteiger partial charge < -0.3 is 29.9 Å². The van der Waals surface area contributed by atoms with Gasteiger partial charge >= 0.3 is 12.4 Å². The first-order chi connectivity index (χ1) is 21.4. The Bertz CT molecular complexity index is 1850. The first-order valence-electron chi connectivity index (χ1n) is 14.5. The van der Waals surface area contributed by atoms with Gasteiger partial charge in [-0.15, -0.1) is 13.2 Å². The molecule has 0 saturated heterocycles. The van der Waals surface area contributed by atoms with Crippen molar-refractivity contribution in [3.8, 4) is 22.9 Å². The van der Waals surface area contributed by atoms with Crippen molar-refractivity contribution in [2.75, 3.05) is 22.1 Å². The lowest BCUT2D eigenvalue weighted by Gasteiger charge is -2.25. The number of hydrogen-bond acceptors (Lipinski definition) is 5. The van der Waals surface area contributed by atoms with E-state index in [0.717, 1.165) is 40.1 Å². The first kappa shape index (κ1) is 31.2. The molecule has 4 aromatic carbocycles. The minimum atomic E-state index is -4.81. The van der Waals surface area contributed by atoms with Gasteiger partial charge in [0.2, 0.25) is 0 Å². The number of nitrogens with zero attached hydrogens (tertiary/aromatic N) is 3. The number of halogens is 3. The third kappa shape index (κ3) is 6.24. The number of imidazole rings is 1. The zero-order chi connectivity index (χ0) is 32.5. The highest BCUT2D eigenvalue weighted by molar-refractivity contribution is 6.03. The van der Waals surface area contributed by atoms with Crippen LogP contribution < -0.4 is 20.3 Å². The van der Waals surface area contributed by atoms with E-state index in [1.54, 1.807) is 18.2 Å². The average molecular weight is 618 g/mol. The van der Waals surface area contributed by atoms with Crippen LogP contribution in [0.25, 0.3) is 22.4 Å². The number of hydrogen-bond donors (Lipinski definition) is 3. The molecule has 0 fully saturated rings. The molecule has 0 aliphatic carbocycles. The Morgan fingerprint density at radius 3 is 2.29 bits per heavy atom. The Kier molecular flexibility index (Phi) is 8.38. The maximum Gasteiger partial charge on any atom is 0.573 e. The van der Waals surface area contributed by atoms with Crippen LogP contribution in [0.15, 0.2) is 84.9 Å². The number of fused-ring (bicyclic) bond motifs is 2. The molecule has 0 unspecified atom stereocenters. The number of nitrogens with one attached hydrogen (secondary N) is 2. The summed E-state index contributed by atoms with van der Waals surface area (Å²) in [5, 5.41) is 16.7. The summed E-state index contributed by atoms with van der Waals surface area (Å²) in [7, 11) is 1.97. The molecule has 1 aliphatic heterocycles. The molecule has 1 aromatic heterocycles. The fourth-order valence-electron chi connectivity index (χ4n) is 5.71. The van der Waals surface area contributed by atoms with Gasteiger partial charge in [0.25, 0.3) is 0 Å². The minimum absolute atomic E-state index is 0.100. The molecule has 5 aromatic rings. The van der Waals surface area contributed by atoms with E-state index in [4.69, 9.17) is 4.98 Å². The molecule has 0 radical (unpaired) electrons. The second-order valence-corrected chi connectivity index (χ2v) is 11.0. The number of alkyl halides is 3. The van der Waals surface area contributed by atoms with E-state index in [1.165, 1.54) is 12.1 Å². The van der Waals surface area contributed by atoms with Crippen molar-refractivity contribution in [2.24, 2.45) is 7.05 Å². The van der Waals surface area contributed by atoms with Crippen LogP contribution in [0.3, 0.4) is 0 Å². The molecular formula is C34H34F3N5O3. The summed E-state index contributed by atoms with van der Waals surface area (Å²) in [4.78, 5) is 19.8. The van der Waals surface area contributed by atoms with Crippen molar-refractivity contribution in [3.63, 3.8) is 0 Å². The Morgan fingerprint density at radius 1 is 0.933 bits per heavy atom. The van der Waals surface area contributed by atoms with Gasteiger partial charge in [-0.3, -0.25) is 0 Å². The topological polar surface area (TPSA) is 91.7 Å².